The van der Waals surface area contributed by atoms with E-state index in [4.69, 9.17) is 11.6 Å². The summed E-state index contributed by atoms with van der Waals surface area (Å²) in [7, 11) is 0. The largest absolute Gasteiger partial charge is 0.325 e. The highest BCUT2D eigenvalue weighted by Crippen LogP contribution is 2.25. The summed E-state index contributed by atoms with van der Waals surface area (Å²) in [5.74, 6) is 0.401. The Morgan fingerprint density at radius 1 is 1.28 bits per heavy atom. The van der Waals surface area contributed by atoms with Gasteiger partial charge in [-0.2, -0.15) is 0 Å². The Hall–Kier alpha value is -3.17. The van der Waals surface area contributed by atoms with Gasteiger partial charge >= 0.3 is 0 Å². The van der Waals surface area contributed by atoms with Crippen LogP contribution in [0.3, 0.4) is 0 Å². The van der Waals surface area contributed by atoms with Gasteiger partial charge in [0.25, 0.3) is 5.69 Å². The Morgan fingerprint density at radius 3 is 2.72 bits per heavy atom. The highest BCUT2D eigenvalue weighted by Gasteiger charge is 2.15. The lowest BCUT2D eigenvalue weighted by Gasteiger charge is -2.08. The van der Waals surface area contributed by atoms with Crippen molar-refractivity contribution in [1.82, 2.24) is 14.8 Å². The molecule has 0 atom stereocenters. The van der Waals surface area contributed by atoms with Gasteiger partial charge in [0.05, 0.1) is 10.7 Å². The number of nitro benzene ring substituents is 1. The summed E-state index contributed by atoms with van der Waals surface area (Å²) in [5, 5.41) is 23.1. The third kappa shape index (κ3) is 5.21. The molecule has 0 fully saturated rings. The summed E-state index contributed by atoms with van der Waals surface area (Å²) in [4.78, 5) is 22.6. The summed E-state index contributed by atoms with van der Waals surface area (Å²) in [5.41, 5.74) is 1.12. The van der Waals surface area contributed by atoms with Crippen LogP contribution < -0.4 is 5.32 Å². The van der Waals surface area contributed by atoms with Gasteiger partial charge in [-0.15, -0.1) is 16.8 Å². The number of halogens is 1. The fourth-order valence-electron chi connectivity index (χ4n) is 2.53. The van der Waals surface area contributed by atoms with E-state index in [9.17, 15) is 14.9 Å². The van der Waals surface area contributed by atoms with E-state index in [2.05, 4.69) is 22.1 Å². The second-order valence-corrected chi connectivity index (χ2v) is 7.24. The van der Waals surface area contributed by atoms with E-state index >= 15 is 0 Å². The molecule has 0 aliphatic rings. The number of allylic oxidation sites excluding steroid dienone is 1. The molecule has 148 valence electrons. The number of anilines is 1. The van der Waals surface area contributed by atoms with Crippen LogP contribution in [-0.4, -0.2) is 31.3 Å². The number of non-ortho nitro benzene ring substituents is 1. The molecule has 1 amide bonds. The highest BCUT2D eigenvalue weighted by atomic mass is 35.5. The third-order valence-electron chi connectivity index (χ3n) is 3.80. The van der Waals surface area contributed by atoms with Crippen LogP contribution in [0.2, 0.25) is 5.02 Å². The zero-order valence-electron chi connectivity index (χ0n) is 15.1. The Balaban J connectivity index is 1.70. The summed E-state index contributed by atoms with van der Waals surface area (Å²) in [6, 6.07) is 13.0. The van der Waals surface area contributed by atoms with Gasteiger partial charge in [0, 0.05) is 35.0 Å². The average molecular weight is 430 g/mol. The van der Waals surface area contributed by atoms with Gasteiger partial charge in [-0.3, -0.25) is 19.5 Å². The molecule has 0 saturated heterocycles. The van der Waals surface area contributed by atoms with E-state index in [0.29, 0.717) is 28.2 Å². The number of benzene rings is 2. The molecule has 2 aromatic carbocycles. The van der Waals surface area contributed by atoms with Crippen LogP contribution in [0, 0.1) is 10.1 Å². The summed E-state index contributed by atoms with van der Waals surface area (Å²) < 4.78 is 1.85. The van der Waals surface area contributed by atoms with Crippen molar-refractivity contribution >= 4 is 40.6 Å². The van der Waals surface area contributed by atoms with E-state index in [1.165, 1.54) is 30.0 Å². The predicted octanol–water partition coefficient (Wildman–Crippen LogP) is 4.42. The fraction of sp³-hybridized carbons (Fsp3) is 0.105. The smallest absolute Gasteiger partial charge is 0.271 e. The summed E-state index contributed by atoms with van der Waals surface area (Å²) in [6.45, 7) is 4.23. The van der Waals surface area contributed by atoms with Crippen molar-refractivity contribution in [3.8, 4) is 11.4 Å². The number of thioether (sulfide) groups is 1. The van der Waals surface area contributed by atoms with Crippen LogP contribution in [0.4, 0.5) is 11.4 Å². The maximum Gasteiger partial charge on any atom is 0.271 e. The van der Waals surface area contributed by atoms with Gasteiger partial charge in [-0.1, -0.05) is 35.5 Å². The van der Waals surface area contributed by atoms with E-state index < -0.39 is 4.92 Å². The zero-order valence-corrected chi connectivity index (χ0v) is 16.7. The molecule has 1 N–H and O–H groups in total. The Labute approximate surface area is 175 Å². The molecule has 10 heteroatoms. The Bertz CT molecular complexity index is 1050. The Morgan fingerprint density at radius 2 is 2.03 bits per heavy atom. The van der Waals surface area contributed by atoms with E-state index in [1.54, 1.807) is 24.3 Å². The molecule has 0 spiro atoms. The SMILES string of the molecule is C=CCn1c(SCC(=O)Nc2cccc([N+](=O)[O-])c2)nnc1-c1ccc(Cl)cc1. The number of nitro groups is 1. The van der Waals surface area contributed by atoms with Gasteiger partial charge < -0.3 is 5.32 Å². The second-order valence-electron chi connectivity index (χ2n) is 5.86. The first-order chi connectivity index (χ1) is 14.0. The quantitative estimate of drug-likeness (QED) is 0.246. The molecule has 8 nitrogen and oxygen atoms in total. The fourth-order valence-corrected chi connectivity index (χ4v) is 3.40. The predicted molar refractivity (Wildman–Crippen MR) is 113 cm³/mol. The zero-order chi connectivity index (χ0) is 20.8. The van der Waals surface area contributed by atoms with Crippen molar-refractivity contribution in [2.75, 3.05) is 11.1 Å². The van der Waals surface area contributed by atoms with Gasteiger partial charge in [0.2, 0.25) is 5.91 Å². The summed E-state index contributed by atoms with van der Waals surface area (Å²) >= 11 is 7.15. The molecular weight excluding hydrogens is 414 g/mol. The number of amides is 1. The lowest BCUT2D eigenvalue weighted by atomic mass is 10.2. The van der Waals surface area contributed by atoms with Crippen LogP contribution in [0.5, 0.6) is 0 Å². The minimum Gasteiger partial charge on any atom is -0.325 e. The van der Waals surface area contributed by atoms with Gasteiger partial charge in [0.15, 0.2) is 11.0 Å². The maximum atomic E-state index is 12.3. The van der Waals surface area contributed by atoms with Crippen molar-refractivity contribution in [1.29, 1.82) is 0 Å². The van der Waals surface area contributed by atoms with Crippen LogP contribution in [0.1, 0.15) is 0 Å². The molecule has 0 aliphatic heterocycles. The normalized spacial score (nSPS) is 10.5. The molecule has 0 bridgehead atoms. The first kappa shape index (κ1) is 20.6. The highest BCUT2D eigenvalue weighted by molar-refractivity contribution is 7.99. The molecule has 1 heterocycles. The number of rotatable bonds is 8. The molecule has 0 radical (unpaired) electrons. The van der Waals surface area contributed by atoms with Crippen LogP contribution in [-0.2, 0) is 11.3 Å². The number of hydrogen-bond donors (Lipinski definition) is 1. The number of nitrogens with one attached hydrogen (secondary N) is 1. The van der Waals surface area contributed by atoms with Crippen molar-refractivity contribution in [2.45, 2.75) is 11.7 Å². The van der Waals surface area contributed by atoms with Crippen LogP contribution >= 0.6 is 23.4 Å². The molecule has 3 rings (SSSR count). The van der Waals surface area contributed by atoms with Crippen LogP contribution in [0.25, 0.3) is 11.4 Å². The molecule has 3 aromatic rings. The first-order valence-corrected chi connectivity index (χ1v) is 9.81. The van der Waals surface area contributed by atoms with E-state index in [1.807, 2.05) is 16.7 Å². The molecule has 1 aromatic heterocycles. The minimum absolute atomic E-state index is 0.0680. The number of carbonyl (C=O) groups excluding carboxylic acids is 1. The topological polar surface area (TPSA) is 103 Å². The van der Waals surface area contributed by atoms with Gasteiger partial charge in [0.1, 0.15) is 0 Å². The van der Waals surface area contributed by atoms with Crippen molar-refractivity contribution < 1.29 is 9.72 Å². The lowest BCUT2D eigenvalue weighted by molar-refractivity contribution is -0.384. The Kier molecular flexibility index (Phi) is 6.63. The van der Waals surface area contributed by atoms with Gasteiger partial charge in [-0.05, 0) is 30.3 Å². The first-order valence-electron chi connectivity index (χ1n) is 8.45. The number of hydrogen-bond acceptors (Lipinski definition) is 6. The number of aromatic nitrogens is 3. The molecule has 0 unspecified atom stereocenters. The van der Waals surface area contributed by atoms with Gasteiger partial charge in [-0.25, -0.2) is 0 Å². The van der Waals surface area contributed by atoms with Crippen molar-refractivity contribution in [3.63, 3.8) is 0 Å². The third-order valence-corrected chi connectivity index (χ3v) is 5.02. The molecule has 29 heavy (non-hydrogen) atoms. The molecule has 0 saturated carbocycles. The number of nitrogens with zero attached hydrogens (tertiary/aromatic N) is 4. The lowest BCUT2D eigenvalue weighted by Crippen LogP contribution is -2.14. The van der Waals surface area contributed by atoms with E-state index in [-0.39, 0.29) is 17.3 Å². The standard InChI is InChI=1S/C19H16ClN5O3S/c1-2-10-24-18(13-6-8-14(20)9-7-13)22-23-19(24)29-12-17(26)21-15-4-3-5-16(11-15)25(27)28/h2-9,11H,1,10,12H2,(H,21,26). The van der Waals surface area contributed by atoms with Crippen molar-refractivity contribution in [3.05, 3.63) is 76.3 Å². The molecule has 0 aliphatic carbocycles. The second kappa shape index (κ2) is 9.35. The van der Waals surface area contributed by atoms with E-state index in [0.717, 1.165) is 5.56 Å². The summed E-state index contributed by atoms with van der Waals surface area (Å²) in [6.07, 6.45) is 1.72. The number of carbonyl (C=O) groups is 1. The maximum absolute atomic E-state index is 12.3. The minimum atomic E-state index is -0.513. The van der Waals surface area contributed by atoms with Crippen LogP contribution in [0.15, 0.2) is 66.3 Å². The van der Waals surface area contributed by atoms with Crippen molar-refractivity contribution in [2.24, 2.45) is 0 Å². The monoisotopic (exact) mass is 429 g/mol. The molecular formula is C19H16ClN5O3S. The average Bonchev–Trinajstić information content (AvgIpc) is 3.10.